The molecule has 5 nitrogen and oxygen atoms in total. The number of fused-ring (bicyclic) bond motifs is 1. The van der Waals surface area contributed by atoms with Crippen molar-refractivity contribution in [2.24, 2.45) is 0 Å². The minimum Gasteiger partial charge on any atom is -0.394 e. The van der Waals surface area contributed by atoms with Crippen LogP contribution in [-0.4, -0.2) is 38.8 Å². The van der Waals surface area contributed by atoms with Gasteiger partial charge in [0, 0.05) is 6.54 Å². The molecule has 112 valence electrons. The van der Waals surface area contributed by atoms with Crippen LogP contribution in [0.5, 0.6) is 0 Å². The third-order valence-electron chi connectivity index (χ3n) is 3.25. The smallest absolute Gasteiger partial charge is 0.246 e. The zero-order chi connectivity index (χ0) is 15.3. The van der Waals surface area contributed by atoms with Crippen molar-refractivity contribution in [1.82, 2.24) is 14.7 Å². The Morgan fingerprint density at radius 1 is 1.60 bits per heavy atom. The number of nitrogens with zero attached hydrogens (tertiary/aromatic N) is 3. The molecule has 20 heavy (non-hydrogen) atoms. The molecule has 1 unspecified atom stereocenters. The standard InChI is InChI=1S/C13H19N3O2.C2H6/c1-4-13(18)15-6-10-5-12(9(2)3)14-16(10)11(7-15)8-17;1-2/h4-5,9,11,17H,1,6-8H2,2-3H3;1-2H3. The Bertz CT molecular complexity index is 466. The normalized spacial score (nSPS) is 17.3. The molecule has 1 aliphatic rings. The Morgan fingerprint density at radius 2 is 2.25 bits per heavy atom. The van der Waals surface area contributed by atoms with Crippen molar-refractivity contribution >= 4 is 5.91 Å². The summed E-state index contributed by atoms with van der Waals surface area (Å²) in [5.74, 6) is 0.234. The van der Waals surface area contributed by atoms with Crippen LogP contribution >= 0.6 is 0 Å². The van der Waals surface area contributed by atoms with Crippen molar-refractivity contribution in [2.45, 2.75) is 46.2 Å². The van der Waals surface area contributed by atoms with Crippen molar-refractivity contribution in [2.75, 3.05) is 13.2 Å². The molecule has 1 aromatic rings. The van der Waals surface area contributed by atoms with Crippen LogP contribution in [0.4, 0.5) is 0 Å². The van der Waals surface area contributed by atoms with Gasteiger partial charge in [0.25, 0.3) is 0 Å². The van der Waals surface area contributed by atoms with E-state index in [1.54, 1.807) is 4.90 Å². The lowest BCUT2D eigenvalue weighted by Gasteiger charge is -2.32. The van der Waals surface area contributed by atoms with Crippen LogP contribution < -0.4 is 0 Å². The molecule has 0 radical (unpaired) electrons. The second-order valence-corrected chi connectivity index (χ2v) is 4.92. The fraction of sp³-hybridized carbons (Fsp3) is 0.600. The van der Waals surface area contributed by atoms with E-state index in [9.17, 15) is 9.90 Å². The van der Waals surface area contributed by atoms with Crippen LogP contribution in [0.2, 0.25) is 0 Å². The molecule has 1 aliphatic heterocycles. The summed E-state index contributed by atoms with van der Waals surface area (Å²) in [7, 11) is 0. The minimum absolute atomic E-state index is 0.0207. The van der Waals surface area contributed by atoms with Crippen LogP contribution in [0.25, 0.3) is 0 Å². The molecular weight excluding hydrogens is 254 g/mol. The number of hydrogen-bond donors (Lipinski definition) is 1. The second-order valence-electron chi connectivity index (χ2n) is 4.92. The first-order valence-corrected chi connectivity index (χ1v) is 7.17. The van der Waals surface area contributed by atoms with Crippen LogP contribution in [0.1, 0.15) is 51.0 Å². The van der Waals surface area contributed by atoms with E-state index in [-0.39, 0.29) is 18.6 Å². The lowest BCUT2D eigenvalue weighted by Crippen LogP contribution is -2.41. The number of aliphatic hydroxyl groups excluding tert-OH is 1. The first-order valence-electron chi connectivity index (χ1n) is 7.17. The number of carbonyl (C=O) groups excluding carboxylic acids is 1. The van der Waals surface area contributed by atoms with Gasteiger partial charge in [-0.25, -0.2) is 0 Å². The number of hydrogen-bond acceptors (Lipinski definition) is 3. The molecule has 1 N–H and O–H groups in total. The topological polar surface area (TPSA) is 58.4 Å². The fourth-order valence-electron chi connectivity index (χ4n) is 2.19. The van der Waals surface area contributed by atoms with Gasteiger partial charge >= 0.3 is 0 Å². The van der Waals surface area contributed by atoms with E-state index in [4.69, 9.17) is 0 Å². The van der Waals surface area contributed by atoms with Crippen molar-refractivity contribution in [3.05, 3.63) is 30.1 Å². The number of aromatic nitrogens is 2. The molecule has 0 spiro atoms. The van der Waals surface area contributed by atoms with Crippen molar-refractivity contribution in [1.29, 1.82) is 0 Å². The molecule has 1 aromatic heterocycles. The fourth-order valence-corrected chi connectivity index (χ4v) is 2.19. The minimum atomic E-state index is -0.162. The Balaban J connectivity index is 0.000000956. The van der Waals surface area contributed by atoms with Crippen LogP contribution in [0.15, 0.2) is 18.7 Å². The maximum atomic E-state index is 11.7. The van der Waals surface area contributed by atoms with Crippen LogP contribution in [0, 0.1) is 0 Å². The zero-order valence-corrected chi connectivity index (χ0v) is 12.8. The third kappa shape index (κ3) is 3.28. The molecule has 5 heteroatoms. The van der Waals surface area contributed by atoms with E-state index in [0.29, 0.717) is 19.0 Å². The van der Waals surface area contributed by atoms with Crippen LogP contribution in [0.3, 0.4) is 0 Å². The summed E-state index contributed by atoms with van der Waals surface area (Å²) >= 11 is 0. The number of carbonyl (C=O) groups is 1. The molecule has 0 aliphatic carbocycles. The summed E-state index contributed by atoms with van der Waals surface area (Å²) in [5, 5.41) is 13.9. The SMILES string of the molecule is C=CC(=O)N1Cc2cc(C(C)C)nn2C(CO)C1.CC. The highest BCUT2D eigenvalue weighted by molar-refractivity contribution is 5.87. The molecule has 0 saturated carbocycles. The van der Waals surface area contributed by atoms with E-state index in [0.717, 1.165) is 11.4 Å². The molecule has 2 heterocycles. The highest BCUT2D eigenvalue weighted by atomic mass is 16.3. The van der Waals surface area contributed by atoms with Gasteiger partial charge in [0.05, 0.1) is 30.6 Å². The van der Waals surface area contributed by atoms with E-state index < -0.39 is 0 Å². The predicted molar refractivity (Wildman–Crippen MR) is 79.4 cm³/mol. The average molecular weight is 279 g/mol. The first-order chi connectivity index (χ1) is 9.56. The molecular formula is C15H25N3O2. The van der Waals surface area contributed by atoms with Crippen molar-refractivity contribution in [3.63, 3.8) is 0 Å². The summed E-state index contributed by atoms with van der Waals surface area (Å²) in [6, 6.07) is 1.85. The third-order valence-corrected chi connectivity index (χ3v) is 3.25. The maximum Gasteiger partial charge on any atom is 0.246 e. The molecule has 1 amide bonds. The molecule has 0 bridgehead atoms. The first kappa shape index (κ1) is 16.4. The quantitative estimate of drug-likeness (QED) is 0.862. The monoisotopic (exact) mass is 279 g/mol. The van der Waals surface area contributed by atoms with E-state index in [2.05, 4.69) is 25.5 Å². The summed E-state index contributed by atoms with van der Waals surface area (Å²) in [6.45, 7) is 12.6. The van der Waals surface area contributed by atoms with Gasteiger partial charge < -0.3 is 10.0 Å². The van der Waals surface area contributed by atoms with Gasteiger partial charge in [-0.05, 0) is 18.1 Å². The Hall–Kier alpha value is -1.62. The van der Waals surface area contributed by atoms with Gasteiger partial charge in [-0.1, -0.05) is 34.3 Å². The van der Waals surface area contributed by atoms with Gasteiger partial charge in [0.1, 0.15) is 0 Å². The van der Waals surface area contributed by atoms with Gasteiger partial charge in [-0.2, -0.15) is 5.10 Å². The number of aliphatic hydroxyl groups is 1. The Morgan fingerprint density at radius 3 is 2.75 bits per heavy atom. The molecule has 0 saturated heterocycles. The Labute approximate surface area is 120 Å². The molecule has 0 fully saturated rings. The summed E-state index contributed by atoms with van der Waals surface area (Å²) in [6.07, 6.45) is 1.31. The van der Waals surface area contributed by atoms with E-state index in [1.807, 2.05) is 24.6 Å². The van der Waals surface area contributed by atoms with Gasteiger partial charge in [0.15, 0.2) is 0 Å². The van der Waals surface area contributed by atoms with E-state index in [1.165, 1.54) is 6.08 Å². The summed E-state index contributed by atoms with van der Waals surface area (Å²) < 4.78 is 1.85. The number of amides is 1. The van der Waals surface area contributed by atoms with Crippen LogP contribution in [-0.2, 0) is 11.3 Å². The van der Waals surface area contributed by atoms with Gasteiger partial charge in [-0.3, -0.25) is 9.48 Å². The van der Waals surface area contributed by atoms with Gasteiger partial charge in [-0.15, -0.1) is 0 Å². The Kier molecular flexibility index (Phi) is 5.95. The lowest BCUT2D eigenvalue weighted by molar-refractivity contribution is -0.128. The van der Waals surface area contributed by atoms with Crippen molar-refractivity contribution < 1.29 is 9.90 Å². The van der Waals surface area contributed by atoms with E-state index >= 15 is 0 Å². The van der Waals surface area contributed by atoms with Crippen molar-refractivity contribution in [3.8, 4) is 0 Å². The summed E-state index contributed by atoms with van der Waals surface area (Å²) in [4.78, 5) is 13.4. The largest absolute Gasteiger partial charge is 0.394 e. The highest BCUT2D eigenvalue weighted by Gasteiger charge is 2.28. The highest BCUT2D eigenvalue weighted by Crippen LogP contribution is 2.24. The maximum absolute atomic E-state index is 11.7. The summed E-state index contributed by atoms with van der Waals surface area (Å²) in [5.41, 5.74) is 1.97. The molecule has 2 rings (SSSR count). The lowest BCUT2D eigenvalue weighted by atomic mass is 10.1. The zero-order valence-electron chi connectivity index (χ0n) is 12.8. The average Bonchev–Trinajstić information content (AvgIpc) is 2.91. The second kappa shape index (κ2) is 7.24. The number of rotatable bonds is 3. The predicted octanol–water partition coefficient (Wildman–Crippen LogP) is 2.09. The molecule has 0 aromatic carbocycles. The van der Waals surface area contributed by atoms with Gasteiger partial charge in [0.2, 0.25) is 5.91 Å². The molecule has 1 atom stereocenters.